The van der Waals surface area contributed by atoms with Crippen molar-refractivity contribution in [1.29, 1.82) is 0 Å². The molecule has 2 N–H and O–H groups in total. The molecule has 5 heteroatoms. The van der Waals surface area contributed by atoms with Crippen molar-refractivity contribution in [1.82, 2.24) is 15.5 Å². The molecule has 1 amide bonds. The molecule has 2 saturated heterocycles. The van der Waals surface area contributed by atoms with Crippen molar-refractivity contribution >= 4 is 17.2 Å². The normalized spacial score (nSPS) is 25.2. The van der Waals surface area contributed by atoms with Crippen LogP contribution in [0.4, 0.5) is 0 Å². The van der Waals surface area contributed by atoms with E-state index < -0.39 is 0 Å². The predicted molar refractivity (Wildman–Crippen MR) is 105 cm³/mol. The summed E-state index contributed by atoms with van der Waals surface area (Å²) in [5.74, 6) is 0.781. The molecular formula is C20H33N3OS. The smallest absolute Gasteiger partial charge is 0.237 e. The van der Waals surface area contributed by atoms with Crippen LogP contribution in [0.1, 0.15) is 56.2 Å². The number of carbonyl (C=O) groups excluding carboxylic acids is 1. The Morgan fingerprint density at radius 1 is 1.32 bits per heavy atom. The van der Waals surface area contributed by atoms with Gasteiger partial charge in [-0.3, -0.25) is 9.69 Å². The van der Waals surface area contributed by atoms with E-state index in [0.29, 0.717) is 5.92 Å². The highest BCUT2D eigenvalue weighted by molar-refractivity contribution is 7.12. The number of rotatable bonds is 5. The zero-order valence-electron chi connectivity index (χ0n) is 15.9. The van der Waals surface area contributed by atoms with Gasteiger partial charge in [0.15, 0.2) is 0 Å². The van der Waals surface area contributed by atoms with Crippen molar-refractivity contribution in [2.45, 2.75) is 64.5 Å². The predicted octanol–water partition coefficient (Wildman–Crippen LogP) is 3.13. The van der Waals surface area contributed by atoms with Gasteiger partial charge in [0.2, 0.25) is 5.91 Å². The molecule has 1 aromatic rings. The number of nitrogens with zero attached hydrogens (tertiary/aromatic N) is 1. The number of piperidine rings is 1. The van der Waals surface area contributed by atoms with Crippen LogP contribution in [0.25, 0.3) is 0 Å². The third-order valence-corrected chi connectivity index (χ3v) is 6.82. The molecule has 140 valence electrons. The lowest BCUT2D eigenvalue weighted by molar-refractivity contribution is -0.123. The van der Waals surface area contributed by atoms with Crippen LogP contribution in [0.15, 0.2) is 12.1 Å². The van der Waals surface area contributed by atoms with Crippen LogP contribution in [0.2, 0.25) is 0 Å². The molecule has 2 unspecified atom stereocenters. The second-order valence-electron chi connectivity index (χ2n) is 8.65. The van der Waals surface area contributed by atoms with E-state index in [9.17, 15) is 4.79 Å². The third kappa shape index (κ3) is 5.28. The van der Waals surface area contributed by atoms with Gasteiger partial charge < -0.3 is 10.6 Å². The van der Waals surface area contributed by atoms with Crippen LogP contribution >= 0.6 is 11.3 Å². The summed E-state index contributed by atoms with van der Waals surface area (Å²) in [4.78, 5) is 17.7. The molecule has 2 aliphatic heterocycles. The summed E-state index contributed by atoms with van der Waals surface area (Å²) in [5.41, 5.74) is 0.242. The molecule has 0 aliphatic carbocycles. The molecule has 3 rings (SSSR count). The van der Waals surface area contributed by atoms with E-state index in [4.69, 9.17) is 0 Å². The van der Waals surface area contributed by atoms with E-state index in [0.717, 1.165) is 39.0 Å². The van der Waals surface area contributed by atoms with E-state index in [1.165, 1.54) is 29.1 Å². The molecule has 25 heavy (non-hydrogen) atoms. The van der Waals surface area contributed by atoms with Crippen molar-refractivity contribution in [3.05, 3.63) is 21.9 Å². The van der Waals surface area contributed by atoms with Crippen LogP contribution in [0, 0.1) is 5.92 Å². The molecule has 3 heterocycles. The first-order chi connectivity index (χ1) is 11.9. The van der Waals surface area contributed by atoms with E-state index in [1.807, 2.05) is 11.3 Å². The standard InChI is InChI=1S/C20H33N3OS/c1-20(2,3)18-9-8-16(25-18)14-23-11-5-6-15(13-23)12-22-19(24)17-7-4-10-21-17/h8-9,15,17,21H,4-7,10-14H2,1-3H3,(H,22,24). The van der Waals surface area contributed by atoms with Gasteiger partial charge in [0, 0.05) is 29.4 Å². The Balaban J connectivity index is 1.46. The zero-order chi connectivity index (χ0) is 17.9. The highest BCUT2D eigenvalue weighted by Gasteiger charge is 2.25. The number of carbonyl (C=O) groups is 1. The van der Waals surface area contributed by atoms with E-state index in [1.54, 1.807) is 0 Å². The number of likely N-dealkylation sites (tertiary alicyclic amines) is 1. The fraction of sp³-hybridized carbons (Fsp3) is 0.750. The largest absolute Gasteiger partial charge is 0.354 e. The Labute approximate surface area is 156 Å². The minimum absolute atomic E-state index is 0.0432. The number of hydrogen-bond donors (Lipinski definition) is 2. The maximum atomic E-state index is 12.2. The van der Waals surface area contributed by atoms with Gasteiger partial charge >= 0.3 is 0 Å². The van der Waals surface area contributed by atoms with Crippen molar-refractivity contribution in [3.8, 4) is 0 Å². The van der Waals surface area contributed by atoms with Crippen LogP contribution < -0.4 is 10.6 Å². The van der Waals surface area contributed by atoms with Gasteiger partial charge in [-0.1, -0.05) is 20.8 Å². The van der Waals surface area contributed by atoms with Crippen molar-refractivity contribution in [2.24, 2.45) is 5.92 Å². The van der Waals surface area contributed by atoms with Crippen molar-refractivity contribution in [2.75, 3.05) is 26.2 Å². The first-order valence-electron chi connectivity index (χ1n) is 9.74. The van der Waals surface area contributed by atoms with Gasteiger partial charge in [-0.05, 0) is 62.2 Å². The molecule has 4 nitrogen and oxygen atoms in total. The summed E-state index contributed by atoms with van der Waals surface area (Å²) >= 11 is 1.95. The average molecular weight is 364 g/mol. The third-order valence-electron chi connectivity index (χ3n) is 5.33. The van der Waals surface area contributed by atoms with E-state index in [2.05, 4.69) is 48.4 Å². The monoisotopic (exact) mass is 363 g/mol. The maximum Gasteiger partial charge on any atom is 0.237 e. The average Bonchev–Trinajstić information content (AvgIpc) is 3.24. The number of amides is 1. The Hall–Kier alpha value is -0.910. The quantitative estimate of drug-likeness (QED) is 0.845. The summed E-state index contributed by atoms with van der Waals surface area (Å²) in [5, 5.41) is 6.46. The molecular weight excluding hydrogens is 330 g/mol. The minimum Gasteiger partial charge on any atom is -0.354 e. The van der Waals surface area contributed by atoms with Gasteiger partial charge in [-0.15, -0.1) is 11.3 Å². The Kier molecular flexibility index (Phi) is 6.18. The summed E-state index contributed by atoms with van der Waals surface area (Å²) in [6.07, 6.45) is 4.57. The lowest BCUT2D eigenvalue weighted by atomic mass is 9.95. The topological polar surface area (TPSA) is 44.4 Å². The van der Waals surface area contributed by atoms with E-state index >= 15 is 0 Å². The fourth-order valence-electron chi connectivity index (χ4n) is 3.82. The molecule has 0 aromatic carbocycles. The van der Waals surface area contributed by atoms with Crippen molar-refractivity contribution in [3.63, 3.8) is 0 Å². The van der Waals surface area contributed by atoms with Gasteiger partial charge in [0.1, 0.15) is 0 Å². The summed E-state index contributed by atoms with van der Waals surface area (Å²) in [6.45, 7) is 12.0. The minimum atomic E-state index is 0.0432. The Morgan fingerprint density at radius 2 is 2.16 bits per heavy atom. The van der Waals surface area contributed by atoms with E-state index in [-0.39, 0.29) is 17.4 Å². The molecule has 2 atom stereocenters. The molecule has 0 spiro atoms. The van der Waals surface area contributed by atoms with Gasteiger partial charge in [0.25, 0.3) is 0 Å². The molecule has 0 saturated carbocycles. The number of hydrogen-bond acceptors (Lipinski definition) is 4. The van der Waals surface area contributed by atoms with Crippen molar-refractivity contribution < 1.29 is 4.79 Å². The van der Waals surface area contributed by atoms with Gasteiger partial charge in [-0.25, -0.2) is 0 Å². The van der Waals surface area contributed by atoms with Gasteiger partial charge in [0.05, 0.1) is 6.04 Å². The first kappa shape index (κ1) is 18.9. The molecule has 2 aliphatic rings. The second-order valence-corrected chi connectivity index (χ2v) is 9.82. The Morgan fingerprint density at radius 3 is 2.84 bits per heavy atom. The highest BCUT2D eigenvalue weighted by atomic mass is 32.1. The molecule has 0 radical (unpaired) electrons. The lowest BCUT2D eigenvalue weighted by Crippen LogP contribution is -2.45. The Bertz CT molecular complexity index is 572. The molecule has 2 fully saturated rings. The summed E-state index contributed by atoms with van der Waals surface area (Å²) < 4.78 is 0. The van der Waals surface area contributed by atoms with Crippen LogP contribution in [-0.4, -0.2) is 43.0 Å². The summed E-state index contributed by atoms with van der Waals surface area (Å²) in [7, 11) is 0. The fourth-order valence-corrected chi connectivity index (χ4v) is 4.93. The lowest BCUT2D eigenvalue weighted by Gasteiger charge is -2.32. The van der Waals surface area contributed by atoms with Crippen LogP contribution in [-0.2, 0) is 16.8 Å². The second kappa shape index (κ2) is 8.19. The molecule has 0 bridgehead atoms. The zero-order valence-corrected chi connectivity index (χ0v) is 16.8. The highest BCUT2D eigenvalue weighted by Crippen LogP contribution is 2.30. The number of nitrogens with one attached hydrogen (secondary N) is 2. The molecule has 1 aromatic heterocycles. The first-order valence-corrected chi connectivity index (χ1v) is 10.6. The van der Waals surface area contributed by atoms with Crippen LogP contribution in [0.3, 0.4) is 0 Å². The number of thiophene rings is 1. The maximum absolute atomic E-state index is 12.2. The summed E-state index contributed by atoms with van der Waals surface area (Å²) in [6, 6.07) is 4.63. The van der Waals surface area contributed by atoms with Crippen LogP contribution in [0.5, 0.6) is 0 Å². The van der Waals surface area contributed by atoms with Gasteiger partial charge in [-0.2, -0.15) is 0 Å². The SMILES string of the molecule is CC(C)(C)c1ccc(CN2CCCC(CNC(=O)C3CCCN3)C2)s1.